The molecule has 1 atom stereocenters. The summed E-state index contributed by atoms with van der Waals surface area (Å²) in [6.07, 6.45) is 5.54. The number of alkyl halides is 1. The maximum Gasteiger partial charge on any atom is 0.259 e. The minimum absolute atomic E-state index is 0.190. The third-order valence-corrected chi connectivity index (χ3v) is 5.78. The van der Waals surface area contributed by atoms with Gasteiger partial charge in [-0.15, -0.1) is 0 Å². The minimum atomic E-state index is -1.75. The number of halogens is 1. The van der Waals surface area contributed by atoms with Crippen LogP contribution < -0.4 is 5.32 Å². The lowest BCUT2D eigenvalue weighted by Crippen LogP contribution is -2.54. The molecule has 2 aliphatic rings. The summed E-state index contributed by atoms with van der Waals surface area (Å²) in [5, 5.41) is 4.06. The number of aromatic nitrogens is 1. The van der Waals surface area contributed by atoms with E-state index in [1.807, 2.05) is 6.07 Å². The van der Waals surface area contributed by atoms with E-state index >= 15 is 4.39 Å². The number of nitrogens with one attached hydrogen (secondary N) is 1. The lowest BCUT2D eigenvalue weighted by atomic mass is 9.93. The van der Waals surface area contributed by atoms with Crippen LogP contribution in [0.15, 0.2) is 30.5 Å². The van der Waals surface area contributed by atoms with E-state index in [4.69, 9.17) is 0 Å². The molecule has 5 heteroatoms. The van der Waals surface area contributed by atoms with E-state index < -0.39 is 11.6 Å². The highest BCUT2D eigenvalue weighted by Gasteiger charge is 2.43. The predicted molar refractivity (Wildman–Crippen MR) is 102 cm³/mol. The highest BCUT2D eigenvalue weighted by molar-refractivity contribution is 5.86. The number of carbonyl (C=O) groups is 1. The van der Waals surface area contributed by atoms with Crippen molar-refractivity contribution >= 4 is 16.8 Å². The molecule has 1 saturated carbocycles. The van der Waals surface area contributed by atoms with E-state index in [0.29, 0.717) is 25.4 Å². The van der Waals surface area contributed by atoms with Gasteiger partial charge in [0.25, 0.3) is 5.91 Å². The van der Waals surface area contributed by atoms with Crippen molar-refractivity contribution in [3.8, 4) is 0 Å². The van der Waals surface area contributed by atoms with Gasteiger partial charge in [-0.3, -0.25) is 9.69 Å². The first-order valence-electron chi connectivity index (χ1n) is 9.85. The summed E-state index contributed by atoms with van der Waals surface area (Å²) in [6, 6.07) is 8.36. The van der Waals surface area contributed by atoms with Crippen molar-refractivity contribution in [2.45, 2.75) is 51.4 Å². The number of rotatable bonds is 6. The Kier molecular flexibility index (Phi) is 4.74. The van der Waals surface area contributed by atoms with Crippen LogP contribution in [0.5, 0.6) is 0 Å². The van der Waals surface area contributed by atoms with Gasteiger partial charge in [-0.25, -0.2) is 4.39 Å². The number of piperidine rings is 1. The second-order valence-electron chi connectivity index (χ2n) is 7.89. The van der Waals surface area contributed by atoms with Crippen LogP contribution in [0.4, 0.5) is 4.39 Å². The summed E-state index contributed by atoms with van der Waals surface area (Å²) in [7, 11) is 0. The van der Waals surface area contributed by atoms with Crippen LogP contribution in [-0.2, 0) is 17.9 Å². The molecule has 0 radical (unpaired) electrons. The van der Waals surface area contributed by atoms with Crippen molar-refractivity contribution in [2.24, 2.45) is 5.92 Å². The molecule has 1 aromatic carbocycles. The molecule has 1 aromatic heterocycles. The Morgan fingerprint density at radius 1 is 1.35 bits per heavy atom. The smallest absolute Gasteiger partial charge is 0.259 e. The Morgan fingerprint density at radius 3 is 2.92 bits per heavy atom. The lowest BCUT2D eigenvalue weighted by molar-refractivity contribution is -0.136. The van der Waals surface area contributed by atoms with E-state index in [9.17, 15) is 4.79 Å². The number of amides is 1. The summed E-state index contributed by atoms with van der Waals surface area (Å²) < 4.78 is 17.6. The molecule has 1 aliphatic heterocycles. The van der Waals surface area contributed by atoms with Crippen molar-refractivity contribution in [1.29, 1.82) is 0 Å². The van der Waals surface area contributed by atoms with Gasteiger partial charge in [0.2, 0.25) is 5.67 Å². The van der Waals surface area contributed by atoms with Gasteiger partial charge < -0.3 is 9.88 Å². The van der Waals surface area contributed by atoms with Crippen LogP contribution in [-0.4, -0.2) is 40.7 Å². The van der Waals surface area contributed by atoms with Crippen LogP contribution in [0.25, 0.3) is 10.9 Å². The molecular formula is C21H28FN3O. The van der Waals surface area contributed by atoms with Gasteiger partial charge in [-0.2, -0.15) is 0 Å². The first kappa shape index (κ1) is 17.5. The largest absolute Gasteiger partial charge is 0.353 e. The number of para-hydroxylation sites is 1. The van der Waals surface area contributed by atoms with E-state index in [-0.39, 0.29) is 6.54 Å². The first-order valence-corrected chi connectivity index (χ1v) is 9.85. The number of likely N-dealkylation sites (tertiary alicyclic amines) is 1. The quantitative estimate of drug-likeness (QED) is 0.859. The molecule has 1 aliphatic carbocycles. The van der Waals surface area contributed by atoms with Gasteiger partial charge in [0.15, 0.2) is 0 Å². The zero-order valence-electron chi connectivity index (χ0n) is 15.5. The number of hydrogen-bond acceptors (Lipinski definition) is 2. The lowest BCUT2D eigenvalue weighted by Gasteiger charge is -2.36. The fourth-order valence-corrected chi connectivity index (χ4v) is 4.08. The molecule has 4 nitrogen and oxygen atoms in total. The number of benzene rings is 1. The van der Waals surface area contributed by atoms with E-state index in [1.54, 1.807) is 0 Å². The molecule has 1 amide bonds. The molecule has 0 spiro atoms. The third kappa shape index (κ3) is 3.50. The molecule has 140 valence electrons. The molecular weight excluding hydrogens is 329 g/mol. The second-order valence-corrected chi connectivity index (χ2v) is 7.89. The molecule has 2 heterocycles. The SMILES string of the molecule is CCn1cc(CN2CCCC(F)(C(=O)NCC3CC3)C2)c2ccccc21. The van der Waals surface area contributed by atoms with Crippen molar-refractivity contribution < 1.29 is 9.18 Å². The Bertz CT molecular complexity index is 798. The molecule has 1 saturated heterocycles. The van der Waals surface area contributed by atoms with Crippen LogP contribution in [0.3, 0.4) is 0 Å². The van der Waals surface area contributed by atoms with Crippen LogP contribution in [0.1, 0.15) is 38.2 Å². The summed E-state index contributed by atoms with van der Waals surface area (Å²) in [6.45, 7) is 5.40. The van der Waals surface area contributed by atoms with Crippen molar-refractivity contribution in [2.75, 3.05) is 19.6 Å². The van der Waals surface area contributed by atoms with Gasteiger partial charge in [-0.05, 0) is 56.7 Å². The molecule has 2 fully saturated rings. The van der Waals surface area contributed by atoms with Crippen LogP contribution in [0.2, 0.25) is 0 Å². The molecule has 26 heavy (non-hydrogen) atoms. The van der Waals surface area contributed by atoms with Crippen molar-refractivity contribution in [3.05, 3.63) is 36.0 Å². The van der Waals surface area contributed by atoms with Gasteiger partial charge in [0, 0.05) is 43.3 Å². The molecule has 2 aromatic rings. The zero-order valence-corrected chi connectivity index (χ0v) is 15.5. The third-order valence-electron chi connectivity index (χ3n) is 5.78. The fourth-order valence-electron chi connectivity index (χ4n) is 4.08. The van der Waals surface area contributed by atoms with Crippen LogP contribution >= 0.6 is 0 Å². The Hall–Kier alpha value is -1.88. The number of fused-ring (bicyclic) bond motifs is 1. The monoisotopic (exact) mass is 357 g/mol. The Morgan fingerprint density at radius 2 is 2.15 bits per heavy atom. The number of nitrogens with zero attached hydrogens (tertiary/aromatic N) is 2. The highest BCUT2D eigenvalue weighted by atomic mass is 19.1. The average Bonchev–Trinajstić information content (AvgIpc) is 3.42. The predicted octanol–water partition coefficient (Wildman–Crippen LogP) is 3.49. The Balaban J connectivity index is 1.47. The summed E-state index contributed by atoms with van der Waals surface area (Å²) in [4.78, 5) is 14.5. The normalized spacial score (nSPS) is 24.1. The zero-order chi connectivity index (χ0) is 18.1. The molecule has 0 bridgehead atoms. The van der Waals surface area contributed by atoms with Gasteiger partial charge >= 0.3 is 0 Å². The number of carbonyl (C=O) groups excluding carboxylic acids is 1. The number of aryl methyl sites for hydroxylation is 1. The molecule has 1 N–H and O–H groups in total. The maximum atomic E-state index is 15.3. The van der Waals surface area contributed by atoms with E-state index in [1.165, 1.54) is 16.5 Å². The van der Waals surface area contributed by atoms with Gasteiger partial charge in [-0.1, -0.05) is 18.2 Å². The van der Waals surface area contributed by atoms with Crippen LogP contribution in [0, 0.1) is 5.92 Å². The first-order chi connectivity index (χ1) is 12.6. The highest BCUT2D eigenvalue weighted by Crippen LogP contribution is 2.31. The fraction of sp³-hybridized carbons (Fsp3) is 0.571. The van der Waals surface area contributed by atoms with E-state index in [0.717, 1.165) is 32.4 Å². The summed E-state index contributed by atoms with van der Waals surface area (Å²) in [5.74, 6) is 0.160. The standard InChI is InChI=1S/C21H28FN3O/c1-2-25-14-17(18-6-3-4-7-19(18)25)13-24-11-5-10-21(22,15-24)20(26)23-12-16-8-9-16/h3-4,6-7,14,16H,2,5,8-13,15H2,1H3,(H,23,26). The van der Waals surface area contributed by atoms with Crippen molar-refractivity contribution in [1.82, 2.24) is 14.8 Å². The molecule has 4 rings (SSSR count). The molecule has 1 unspecified atom stereocenters. The summed E-state index contributed by atoms with van der Waals surface area (Å²) in [5.41, 5.74) is 0.678. The van der Waals surface area contributed by atoms with Gasteiger partial charge in [0.1, 0.15) is 0 Å². The second kappa shape index (κ2) is 7.03. The average molecular weight is 357 g/mol. The number of hydrogen-bond donors (Lipinski definition) is 1. The van der Waals surface area contributed by atoms with Crippen molar-refractivity contribution in [3.63, 3.8) is 0 Å². The van der Waals surface area contributed by atoms with E-state index in [2.05, 4.69) is 46.1 Å². The summed E-state index contributed by atoms with van der Waals surface area (Å²) >= 11 is 0. The minimum Gasteiger partial charge on any atom is -0.353 e. The topological polar surface area (TPSA) is 37.3 Å². The Labute approximate surface area is 154 Å². The maximum absolute atomic E-state index is 15.3. The van der Waals surface area contributed by atoms with Gasteiger partial charge in [0.05, 0.1) is 0 Å².